The van der Waals surface area contributed by atoms with Gasteiger partial charge in [-0.3, -0.25) is 10.1 Å². The van der Waals surface area contributed by atoms with Crippen LogP contribution in [-0.2, 0) is 4.79 Å². The van der Waals surface area contributed by atoms with E-state index in [9.17, 15) is 20.1 Å². The molecule has 0 radical (unpaired) electrons. The predicted octanol–water partition coefficient (Wildman–Crippen LogP) is 1.48. The number of aliphatic hydroxyl groups excluding tert-OH is 2. The first-order valence-corrected chi connectivity index (χ1v) is 6.98. The lowest BCUT2D eigenvalue weighted by Gasteiger charge is -2.23. The molecule has 0 aliphatic heterocycles. The zero-order chi connectivity index (χ0) is 15.9. The van der Waals surface area contributed by atoms with Gasteiger partial charge in [0.25, 0.3) is 0 Å². The van der Waals surface area contributed by atoms with Gasteiger partial charge >= 0.3 is 5.97 Å². The van der Waals surface area contributed by atoms with Gasteiger partial charge in [0.15, 0.2) is 0 Å². The average molecular weight is 305 g/mol. The van der Waals surface area contributed by atoms with Gasteiger partial charge in [-0.1, -0.05) is 30.3 Å². The van der Waals surface area contributed by atoms with E-state index in [0.29, 0.717) is 5.76 Å². The molecule has 1 aromatic carbocycles. The molecule has 0 bridgehead atoms. The summed E-state index contributed by atoms with van der Waals surface area (Å²) in [5.74, 6) is -0.784. The van der Waals surface area contributed by atoms with Crippen molar-refractivity contribution < 1.29 is 24.5 Å². The van der Waals surface area contributed by atoms with Crippen LogP contribution >= 0.6 is 0 Å². The number of aliphatic hydroxyl groups is 2. The van der Waals surface area contributed by atoms with Gasteiger partial charge < -0.3 is 19.7 Å². The summed E-state index contributed by atoms with van der Waals surface area (Å²) < 4.78 is 5.07. The van der Waals surface area contributed by atoms with Crippen LogP contribution in [0, 0.1) is 0 Å². The summed E-state index contributed by atoms with van der Waals surface area (Å²) in [6, 6.07) is 10.7. The van der Waals surface area contributed by atoms with Crippen molar-refractivity contribution >= 4 is 5.97 Å². The molecule has 3 atom stereocenters. The Labute approximate surface area is 128 Å². The molecule has 118 valence electrons. The molecule has 0 saturated carbocycles. The van der Waals surface area contributed by atoms with Crippen molar-refractivity contribution in [1.29, 1.82) is 0 Å². The highest BCUT2D eigenvalue weighted by Gasteiger charge is 2.26. The van der Waals surface area contributed by atoms with Crippen molar-refractivity contribution in [2.24, 2.45) is 0 Å². The van der Waals surface area contributed by atoms with E-state index in [1.165, 1.54) is 6.26 Å². The Hall–Kier alpha value is -2.15. The molecule has 2 aromatic rings. The molecule has 2 rings (SSSR count). The summed E-state index contributed by atoms with van der Waals surface area (Å²) in [6.07, 6.45) is 0.327. The lowest BCUT2D eigenvalue weighted by molar-refractivity contribution is -0.140. The summed E-state index contributed by atoms with van der Waals surface area (Å²) in [5.41, 5.74) is 0.781. The van der Waals surface area contributed by atoms with Crippen molar-refractivity contribution in [2.45, 2.75) is 24.6 Å². The maximum absolute atomic E-state index is 11.4. The first-order valence-electron chi connectivity index (χ1n) is 6.98. The van der Waals surface area contributed by atoms with Gasteiger partial charge in [0.2, 0.25) is 0 Å². The van der Waals surface area contributed by atoms with E-state index in [-0.39, 0.29) is 13.0 Å². The molecule has 1 aromatic heterocycles. The zero-order valence-electron chi connectivity index (χ0n) is 11.9. The lowest BCUT2D eigenvalue weighted by Crippen LogP contribution is -2.41. The van der Waals surface area contributed by atoms with Gasteiger partial charge in [-0.25, -0.2) is 0 Å². The van der Waals surface area contributed by atoms with E-state index in [4.69, 9.17) is 4.42 Å². The van der Waals surface area contributed by atoms with Crippen molar-refractivity contribution in [3.8, 4) is 0 Å². The van der Waals surface area contributed by atoms with Crippen molar-refractivity contribution in [3.63, 3.8) is 0 Å². The molecule has 0 spiro atoms. The predicted molar refractivity (Wildman–Crippen MR) is 79.1 cm³/mol. The second kappa shape index (κ2) is 7.74. The number of hydrogen-bond donors (Lipinski definition) is 4. The van der Waals surface area contributed by atoms with E-state index in [1.54, 1.807) is 24.3 Å². The second-order valence-electron chi connectivity index (χ2n) is 4.97. The minimum atomic E-state index is -1.10. The van der Waals surface area contributed by atoms with Crippen LogP contribution in [0.4, 0.5) is 0 Å². The third kappa shape index (κ3) is 4.17. The highest BCUT2D eigenvalue weighted by Crippen LogP contribution is 2.21. The van der Waals surface area contributed by atoms with Crippen LogP contribution in [0.15, 0.2) is 53.1 Å². The second-order valence-corrected chi connectivity index (χ2v) is 4.97. The lowest BCUT2D eigenvalue weighted by atomic mass is 10.0. The topological polar surface area (TPSA) is 103 Å². The maximum atomic E-state index is 11.4. The fourth-order valence-corrected chi connectivity index (χ4v) is 2.24. The van der Waals surface area contributed by atoms with Crippen molar-refractivity contribution in [1.82, 2.24) is 5.32 Å². The molecule has 6 heteroatoms. The highest BCUT2D eigenvalue weighted by atomic mass is 16.4. The first-order chi connectivity index (χ1) is 10.6. The molecule has 1 heterocycles. The molecular weight excluding hydrogens is 286 g/mol. The fraction of sp³-hybridized carbons (Fsp3) is 0.312. The third-order valence-corrected chi connectivity index (χ3v) is 3.42. The zero-order valence-corrected chi connectivity index (χ0v) is 11.9. The fourth-order valence-electron chi connectivity index (χ4n) is 2.24. The molecular formula is C16H19NO5. The number of hydrogen-bond acceptors (Lipinski definition) is 5. The highest BCUT2D eigenvalue weighted by molar-refractivity contribution is 5.73. The number of carbonyl (C=O) groups is 1. The largest absolute Gasteiger partial charge is 0.480 e. The van der Waals surface area contributed by atoms with Crippen LogP contribution in [-0.4, -0.2) is 33.9 Å². The summed E-state index contributed by atoms with van der Waals surface area (Å²) in [7, 11) is 0. The van der Waals surface area contributed by atoms with Crippen LogP contribution in [0.3, 0.4) is 0 Å². The number of carboxylic acids is 1. The number of nitrogens with one attached hydrogen (secondary N) is 1. The number of furan rings is 1. The van der Waals surface area contributed by atoms with Gasteiger partial charge in [-0.15, -0.1) is 0 Å². The Bertz CT molecular complexity index is 569. The van der Waals surface area contributed by atoms with Gasteiger partial charge in [0.1, 0.15) is 17.9 Å². The summed E-state index contributed by atoms with van der Waals surface area (Å²) >= 11 is 0. The first kappa shape index (κ1) is 16.2. The number of carboxylic acid groups (broad SMARTS) is 1. The Morgan fingerprint density at radius 2 is 1.91 bits per heavy atom. The average Bonchev–Trinajstić information content (AvgIpc) is 3.06. The van der Waals surface area contributed by atoms with Crippen LogP contribution in [0.5, 0.6) is 0 Å². The molecule has 0 fully saturated rings. The summed E-state index contributed by atoms with van der Waals surface area (Å²) in [6.45, 7) is -0.245. The minimum absolute atomic E-state index is 0.0633. The summed E-state index contributed by atoms with van der Waals surface area (Å²) in [4.78, 5) is 11.4. The molecule has 0 aliphatic carbocycles. The van der Waals surface area contributed by atoms with Crippen LogP contribution in [0.25, 0.3) is 0 Å². The molecule has 0 unspecified atom stereocenters. The molecule has 22 heavy (non-hydrogen) atoms. The van der Waals surface area contributed by atoms with Gasteiger partial charge in [0, 0.05) is 6.42 Å². The van der Waals surface area contributed by atoms with E-state index in [1.807, 2.05) is 18.2 Å². The maximum Gasteiger partial charge on any atom is 0.320 e. The summed E-state index contributed by atoms with van der Waals surface area (Å²) in [5, 5.41) is 31.7. The number of benzene rings is 1. The smallest absolute Gasteiger partial charge is 0.320 e. The Morgan fingerprint density at radius 3 is 2.45 bits per heavy atom. The Balaban J connectivity index is 2.06. The monoisotopic (exact) mass is 305 g/mol. The number of rotatable bonds is 8. The Morgan fingerprint density at radius 1 is 1.18 bits per heavy atom. The normalized spacial score (nSPS) is 15.2. The molecule has 4 N–H and O–H groups in total. The molecule has 6 nitrogen and oxygen atoms in total. The minimum Gasteiger partial charge on any atom is -0.480 e. The quantitative estimate of drug-likeness (QED) is 0.589. The molecule has 0 saturated heterocycles. The van der Waals surface area contributed by atoms with E-state index >= 15 is 0 Å². The van der Waals surface area contributed by atoms with Gasteiger partial charge in [-0.05, 0) is 17.7 Å². The van der Waals surface area contributed by atoms with Crippen LogP contribution in [0.2, 0.25) is 0 Å². The van der Waals surface area contributed by atoms with Crippen molar-refractivity contribution in [2.75, 3.05) is 6.61 Å². The Kier molecular flexibility index (Phi) is 5.71. The van der Waals surface area contributed by atoms with Gasteiger partial charge in [-0.2, -0.15) is 0 Å². The standard InChI is InChI=1S/C16H19NO5/c18-10-13(11-5-2-1-3-6-11)17-12(16(20)21)9-14(19)15-7-4-8-22-15/h1-8,12-14,17-19H,9-10H2,(H,20,21)/t12-,13-,14+/m0/s1. The van der Waals surface area contributed by atoms with E-state index < -0.39 is 24.2 Å². The molecule has 0 amide bonds. The van der Waals surface area contributed by atoms with E-state index in [2.05, 4.69) is 5.32 Å². The van der Waals surface area contributed by atoms with Crippen LogP contribution in [0.1, 0.15) is 29.9 Å². The number of aliphatic carboxylic acids is 1. The van der Waals surface area contributed by atoms with Crippen molar-refractivity contribution in [3.05, 3.63) is 60.1 Å². The third-order valence-electron chi connectivity index (χ3n) is 3.42. The SMILES string of the molecule is O=C(O)[C@H](C[C@@H](O)c1ccco1)N[C@@H](CO)c1ccccc1. The van der Waals surface area contributed by atoms with Crippen LogP contribution < -0.4 is 5.32 Å². The van der Waals surface area contributed by atoms with E-state index in [0.717, 1.165) is 5.56 Å². The molecule has 0 aliphatic rings. The van der Waals surface area contributed by atoms with Gasteiger partial charge in [0.05, 0.1) is 18.9 Å².